The van der Waals surface area contributed by atoms with Gasteiger partial charge in [-0.1, -0.05) is 12.1 Å². The van der Waals surface area contributed by atoms with Gasteiger partial charge in [0.2, 0.25) is 0 Å². The molecule has 0 atom stereocenters. The zero-order chi connectivity index (χ0) is 14.7. The highest BCUT2D eigenvalue weighted by Gasteiger charge is 2.18. The number of methoxy groups -OCH3 is 1. The predicted molar refractivity (Wildman–Crippen MR) is 73.5 cm³/mol. The van der Waals surface area contributed by atoms with Gasteiger partial charge >= 0.3 is 11.8 Å². The van der Waals surface area contributed by atoms with Crippen molar-refractivity contribution in [2.24, 2.45) is 0 Å². The predicted octanol–water partition coefficient (Wildman–Crippen LogP) is 2.39. The summed E-state index contributed by atoms with van der Waals surface area (Å²) in [6, 6.07) is 6.75. The minimum Gasteiger partial charge on any atom is -0.465 e. The molecule has 0 unspecified atom stereocenters. The molecule has 1 aromatic carbocycles. The number of hydrogen-bond donors (Lipinski definition) is 0. The summed E-state index contributed by atoms with van der Waals surface area (Å²) in [6.45, 7) is 0.369. The molecule has 8 heteroatoms. The third kappa shape index (κ3) is 3.02. The molecule has 0 aliphatic carbocycles. The van der Waals surface area contributed by atoms with Gasteiger partial charge in [0.15, 0.2) is 0 Å². The minimum absolute atomic E-state index is 0.226. The monoisotopic (exact) mass is 339 g/mol. The third-order valence-corrected chi connectivity index (χ3v) is 3.15. The Morgan fingerprint density at radius 1 is 1.45 bits per heavy atom. The maximum atomic E-state index is 11.3. The van der Waals surface area contributed by atoms with Crippen molar-refractivity contribution in [2.45, 2.75) is 6.54 Å². The lowest BCUT2D eigenvalue weighted by atomic mass is 10.1. The molecule has 0 saturated heterocycles. The molecular weight excluding hydrogens is 330 g/mol. The maximum Gasteiger partial charge on any atom is 0.404 e. The van der Waals surface area contributed by atoms with Gasteiger partial charge in [-0.05, 0) is 38.5 Å². The van der Waals surface area contributed by atoms with E-state index in [0.717, 1.165) is 5.56 Å². The number of carbonyl (C=O) groups excluding carboxylic acids is 1. The largest absolute Gasteiger partial charge is 0.465 e. The van der Waals surface area contributed by atoms with Crippen molar-refractivity contribution in [3.05, 3.63) is 56.2 Å². The summed E-state index contributed by atoms with van der Waals surface area (Å²) < 4.78 is 6.38. The number of nitrogens with zero attached hydrogens (tertiary/aromatic N) is 3. The van der Waals surface area contributed by atoms with Crippen LogP contribution in [0.1, 0.15) is 15.9 Å². The summed E-state index contributed by atoms with van der Waals surface area (Å²) in [5.41, 5.74) is 1.31. The molecule has 104 valence electrons. The minimum atomic E-state index is -0.555. The molecule has 0 bridgehead atoms. The highest BCUT2D eigenvalue weighted by Crippen LogP contribution is 2.22. The van der Waals surface area contributed by atoms with E-state index in [-0.39, 0.29) is 5.82 Å². The smallest absolute Gasteiger partial charge is 0.404 e. The van der Waals surface area contributed by atoms with Crippen LogP contribution >= 0.6 is 15.9 Å². The summed E-state index contributed by atoms with van der Waals surface area (Å²) >= 11 is 3.08. The fourth-order valence-electron chi connectivity index (χ4n) is 1.64. The SMILES string of the molecule is COC(=O)c1ccc(Cn2cc(Br)c([N+](=O)[O-])n2)cc1. The standard InChI is InChI=1S/C12H10BrN3O4/c1-20-12(17)9-4-2-8(3-5-9)6-15-7-10(13)11(14-15)16(18)19/h2-5,7H,6H2,1H3. The molecule has 1 heterocycles. The highest BCUT2D eigenvalue weighted by atomic mass is 79.9. The van der Waals surface area contributed by atoms with Gasteiger partial charge < -0.3 is 14.9 Å². The number of rotatable bonds is 4. The van der Waals surface area contributed by atoms with Crippen LogP contribution in [0.3, 0.4) is 0 Å². The highest BCUT2D eigenvalue weighted by molar-refractivity contribution is 9.10. The Morgan fingerprint density at radius 2 is 2.10 bits per heavy atom. The van der Waals surface area contributed by atoms with Crippen LogP contribution in [0.15, 0.2) is 34.9 Å². The van der Waals surface area contributed by atoms with Crippen molar-refractivity contribution in [1.29, 1.82) is 0 Å². The number of ether oxygens (including phenoxy) is 1. The zero-order valence-corrected chi connectivity index (χ0v) is 12.0. The van der Waals surface area contributed by atoms with Gasteiger partial charge in [0.1, 0.15) is 4.47 Å². The van der Waals surface area contributed by atoms with E-state index in [1.165, 1.54) is 18.0 Å². The molecule has 0 N–H and O–H groups in total. The van der Waals surface area contributed by atoms with E-state index in [4.69, 9.17) is 0 Å². The van der Waals surface area contributed by atoms with E-state index in [9.17, 15) is 14.9 Å². The maximum absolute atomic E-state index is 11.3. The van der Waals surface area contributed by atoms with Crippen LogP contribution in [0.2, 0.25) is 0 Å². The van der Waals surface area contributed by atoms with Gasteiger partial charge in [-0.25, -0.2) is 4.79 Å². The number of nitro groups is 1. The second-order valence-corrected chi connectivity index (χ2v) is 4.80. The Hall–Kier alpha value is -2.22. The van der Waals surface area contributed by atoms with Crippen molar-refractivity contribution in [3.8, 4) is 0 Å². The molecule has 0 fully saturated rings. The topological polar surface area (TPSA) is 87.3 Å². The van der Waals surface area contributed by atoms with Crippen molar-refractivity contribution in [3.63, 3.8) is 0 Å². The van der Waals surface area contributed by atoms with Crippen LogP contribution in [0, 0.1) is 10.1 Å². The molecule has 2 rings (SSSR count). The van der Waals surface area contributed by atoms with E-state index in [1.807, 2.05) is 0 Å². The van der Waals surface area contributed by atoms with E-state index >= 15 is 0 Å². The summed E-state index contributed by atoms with van der Waals surface area (Å²) in [5.74, 6) is -0.634. The molecule has 0 aliphatic heterocycles. The molecule has 0 spiro atoms. The van der Waals surface area contributed by atoms with Crippen LogP contribution in [0.25, 0.3) is 0 Å². The first kappa shape index (κ1) is 14.2. The van der Waals surface area contributed by atoms with Crippen molar-refractivity contribution in [2.75, 3.05) is 7.11 Å². The van der Waals surface area contributed by atoms with Gasteiger partial charge in [-0.2, -0.15) is 4.68 Å². The molecular formula is C12H10BrN3O4. The van der Waals surface area contributed by atoms with Gasteiger partial charge in [0, 0.05) is 0 Å². The number of esters is 1. The van der Waals surface area contributed by atoms with E-state index in [0.29, 0.717) is 16.6 Å². The normalized spacial score (nSPS) is 10.3. The van der Waals surface area contributed by atoms with Crippen LogP contribution in [0.4, 0.5) is 5.82 Å². The lowest BCUT2D eigenvalue weighted by molar-refractivity contribution is -0.390. The molecule has 2 aromatic rings. The fraction of sp³-hybridized carbons (Fsp3) is 0.167. The Kier molecular flexibility index (Phi) is 4.14. The lowest BCUT2D eigenvalue weighted by Crippen LogP contribution is -2.03. The van der Waals surface area contributed by atoms with Crippen LogP contribution in [-0.2, 0) is 11.3 Å². The Labute approximate surface area is 122 Å². The second-order valence-electron chi connectivity index (χ2n) is 3.94. The van der Waals surface area contributed by atoms with Crippen LogP contribution < -0.4 is 0 Å². The quantitative estimate of drug-likeness (QED) is 0.484. The molecule has 0 aliphatic rings. The van der Waals surface area contributed by atoms with Gasteiger partial charge in [-0.15, -0.1) is 0 Å². The molecule has 1 aromatic heterocycles. The van der Waals surface area contributed by atoms with Crippen molar-refractivity contribution >= 4 is 27.7 Å². The average Bonchev–Trinajstić information content (AvgIpc) is 2.79. The summed E-state index contributed by atoms with van der Waals surface area (Å²) in [7, 11) is 1.32. The average molecular weight is 340 g/mol. The summed E-state index contributed by atoms with van der Waals surface area (Å²) in [4.78, 5) is 21.4. The first-order valence-corrected chi connectivity index (χ1v) is 6.35. The summed E-state index contributed by atoms with van der Waals surface area (Å²) in [6.07, 6.45) is 1.53. The Balaban J connectivity index is 2.16. The first-order chi connectivity index (χ1) is 9.51. The molecule has 20 heavy (non-hydrogen) atoms. The molecule has 7 nitrogen and oxygen atoms in total. The van der Waals surface area contributed by atoms with Gasteiger partial charge in [0.25, 0.3) is 0 Å². The number of benzene rings is 1. The van der Waals surface area contributed by atoms with Crippen molar-refractivity contribution in [1.82, 2.24) is 9.78 Å². The van der Waals surface area contributed by atoms with Crippen molar-refractivity contribution < 1.29 is 14.5 Å². The summed E-state index contributed by atoms with van der Waals surface area (Å²) in [5, 5.41) is 14.5. The third-order valence-electron chi connectivity index (χ3n) is 2.59. The number of carbonyl (C=O) groups is 1. The van der Waals surface area contributed by atoms with Crippen LogP contribution in [0.5, 0.6) is 0 Å². The number of halogens is 1. The van der Waals surface area contributed by atoms with Gasteiger partial charge in [0.05, 0.1) is 30.5 Å². The van der Waals surface area contributed by atoms with E-state index < -0.39 is 10.9 Å². The number of aromatic nitrogens is 2. The van der Waals surface area contributed by atoms with Crippen LogP contribution in [-0.4, -0.2) is 27.8 Å². The second kappa shape index (κ2) is 5.83. The number of hydrogen-bond acceptors (Lipinski definition) is 5. The van der Waals surface area contributed by atoms with Gasteiger partial charge in [-0.3, -0.25) is 0 Å². The first-order valence-electron chi connectivity index (χ1n) is 5.56. The van der Waals surface area contributed by atoms with E-state index in [2.05, 4.69) is 25.8 Å². The fourth-order valence-corrected chi connectivity index (χ4v) is 2.10. The Bertz CT molecular complexity index is 651. The lowest BCUT2D eigenvalue weighted by Gasteiger charge is -2.01. The molecule has 0 radical (unpaired) electrons. The van der Waals surface area contributed by atoms with E-state index in [1.54, 1.807) is 24.3 Å². The zero-order valence-electron chi connectivity index (χ0n) is 10.4. The molecule has 0 amide bonds. The Morgan fingerprint density at radius 3 is 2.60 bits per heavy atom. The molecule has 0 saturated carbocycles.